The predicted octanol–water partition coefficient (Wildman–Crippen LogP) is 1.28. The van der Waals surface area contributed by atoms with Crippen molar-refractivity contribution < 1.29 is 19.2 Å². The zero-order valence-corrected chi connectivity index (χ0v) is 13.4. The average Bonchev–Trinajstić information content (AvgIpc) is 2.85. The quantitative estimate of drug-likeness (QED) is 0.703. The largest absolute Gasteiger partial charge is 0.493 e. The van der Waals surface area contributed by atoms with Crippen LogP contribution >= 0.6 is 24.0 Å². The third-order valence-electron chi connectivity index (χ3n) is 3.71. The van der Waals surface area contributed by atoms with Crippen LogP contribution in [0.4, 0.5) is 10.5 Å². The zero-order chi connectivity index (χ0) is 14.8. The van der Waals surface area contributed by atoms with Gasteiger partial charge in [-0.1, -0.05) is 17.7 Å². The Kier molecular flexibility index (Phi) is 5.94. The molecule has 0 bridgehead atoms. The van der Waals surface area contributed by atoms with E-state index in [2.05, 4.69) is 10.6 Å². The van der Waals surface area contributed by atoms with Crippen LogP contribution in [0.25, 0.3) is 0 Å². The third-order valence-corrected chi connectivity index (χ3v) is 4.12. The molecule has 2 aliphatic rings. The van der Waals surface area contributed by atoms with Gasteiger partial charge < -0.3 is 19.7 Å². The van der Waals surface area contributed by atoms with E-state index in [0.717, 1.165) is 31.5 Å². The molecule has 2 aliphatic heterocycles. The molecular formula is C13H17BCl2N2O4. The van der Waals surface area contributed by atoms with Gasteiger partial charge in [-0.25, -0.2) is 4.79 Å². The van der Waals surface area contributed by atoms with Gasteiger partial charge in [-0.05, 0) is 37.6 Å². The van der Waals surface area contributed by atoms with Crippen molar-refractivity contribution in [1.29, 1.82) is 0 Å². The summed E-state index contributed by atoms with van der Waals surface area (Å²) in [6.07, 6.45) is 1.00. The lowest BCUT2D eigenvalue weighted by Gasteiger charge is -2.23. The predicted molar refractivity (Wildman–Crippen MR) is 87.1 cm³/mol. The number of anilines is 1. The van der Waals surface area contributed by atoms with Crippen LogP contribution in [0, 0.1) is 0 Å². The second kappa shape index (κ2) is 7.52. The Morgan fingerprint density at radius 3 is 2.91 bits per heavy atom. The molecule has 3 N–H and O–H groups in total. The fraction of sp³-hybridized carbons (Fsp3) is 0.462. The summed E-state index contributed by atoms with van der Waals surface area (Å²) in [4.78, 5) is 11.9. The van der Waals surface area contributed by atoms with E-state index in [9.17, 15) is 9.82 Å². The lowest BCUT2D eigenvalue weighted by molar-refractivity contribution is 0.0909. The fourth-order valence-electron chi connectivity index (χ4n) is 2.58. The van der Waals surface area contributed by atoms with Crippen molar-refractivity contribution in [1.82, 2.24) is 5.32 Å². The summed E-state index contributed by atoms with van der Waals surface area (Å²) in [5.41, 5.74) is 1.75. The van der Waals surface area contributed by atoms with Crippen LogP contribution in [0.5, 0.6) is 0 Å². The minimum absolute atomic E-state index is 0. The number of benzene rings is 1. The number of piperidine rings is 1. The van der Waals surface area contributed by atoms with Gasteiger partial charge in [0.05, 0.1) is 17.3 Å². The van der Waals surface area contributed by atoms with Crippen molar-refractivity contribution >= 4 is 48.4 Å². The zero-order valence-electron chi connectivity index (χ0n) is 11.8. The summed E-state index contributed by atoms with van der Waals surface area (Å²) in [5, 5.41) is 15.8. The molecule has 120 valence electrons. The van der Waals surface area contributed by atoms with Gasteiger partial charge in [0.2, 0.25) is 0 Å². The highest BCUT2D eigenvalue weighted by Gasteiger charge is 2.31. The van der Waals surface area contributed by atoms with Crippen molar-refractivity contribution in [3.8, 4) is 0 Å². The van der Waals surface area contributed by atoms with Crippen LogP contribution < -0.4 is 16.1 Å². The van der Waals surface area contributed by atoms with E-state index in [1.165, 1.54) is 0 Å². The van der Waals surface area contributed by atoms with E-state index >= 15 is 0 Å². The maximum absolute atomic E-state index is 11.9. The number of amides is 1. The molecule has 0 aliphatic carbocycles. The maximum atomic E-state index is 11.9. The van der Waals surface area contributed by atoms with Crippen molar-refractivity contribution in [2.45, 2.75) is 25.6 Å². The molecule has 0 unspecified atom stereocenters. The summed E-state index contributed by atoms with van der Waals surface area (Å²) in [6.45, 7) is 2.01. The molecule has 1 aromatic rings. The Labute approximate surface area is 140 Å². The molecule has 0 spiro atoms. The highest BCUT2D eigenvalue weighted by atomic mass is 35.5. The normalized spacial score (nSPS) is 17.6. The third kappa shape index (κ3) is 3.67. The van der Waals surface area contributed by atoms with Crippen molar-refractivity contribution in [3.05, 3.63) is 22.7 Å². The van der Waals surface area contributed by atoms with Gasteiger partial charge in [0.15, 0.2) is 0 Å². The van der Waals surface area contributed by atoms with Crippen molar-refractivity contribution in [2.24, 2.45) is 0 Å². The first-order valence-electron chi connectivity index (χ1n) is 6.94. The number of hydrogen-bond donors (Lipinski definition) is 3. The van der Waals surface area contributed by atoms with Crippen LogP contribution in [0.3, 0.4) is 0 Å². The highest BCUT2D eigenvalue weighted by Crippen LogP contribution is 2.25. The average molecular weight is 347 g/mol. The van der Waals surface area contributed by atoms with E-state index in [1.807, 2.05) is 0 Å². The number of carbonyl (C=O) groups is 1. The molecule has 1 saturated heterocycles. The lowest BCUT2D eigenvalue weighted by Crippen LogP contribution is -2.35. The monoisotopic (exact) mass is 346 g/mol. The summed E-state index contributed by atoms with van der Waals surface area (Å²) in [6, 6.07) is 3.46. The van der Waals surface area contributed by atoms with Gasteiger partial charge in [0, 0.05) is 5.46 Å². The Hall–Kier alpha value is -0.985. The molecule has 1 fully saturated rings. The number of nitrogens with one attached hydrogen (secondary N) is 2. The topological polar surface area (TPSA) is 79.8 Å². The van der Waals surface area contributed by atoms with Crippen molar-refractivity contribution in [2.75, 3.05) is 18.4 Å². The number of carbonyl (C=O) groups excluding carboxylic acids is 1. The summed E-state index contributed by atoms with van der Waals surface area (Å²) in [5.74, 6) is 0. The van der Waals surface area contributed by atoms with E-state index in [0.29, 0.717) is 22.8 Å². The van der Waals surface area contributed by atoms with Gasteiger partial charge in [-0.2, -0.15) is 0 Å². The molecule has 0 atom stereocenters. The Morgan fingerprint density at radius 1 is 1.45 bits per heavy atom. The Balaban J connectivity index is 0.00000176. The first-order valence-corrected chi connectivity index (χ1v) is 7.32. The minimum Gasteiger partial charge on any atom is -0.446 e. The molecule has 1 aromatic carbocycles. The highest BCUT2D eigenvalue weighted by molar-refractivity contribution is 6.66. The smallest absolute Gasteiger partial charge is 0.446 e. The Bertz CT molecular complexity index is 555. The summed E-state index contributed by atoms with van der Waals surface area (Å²) < 4.78 is 10.5. The lowest BCUT2D eigenvalue weighted by atomic mass is 9.79. The van der Waals surface area contributed by atoms with Gasteiger partial charge in [0.1, 0.15) is 6.10 Å². The minimum atomic E-state index is -1.05. The molecule has 2 heterocycles. The number of halogens is 2. The van der Waals surface area contributed by atoms with Crippen LogP contribution in [0.1, 0.15) is 18.4 Å². The number of rotatable bonds is 2. The maximum Gasteiger partial charge on any atom is 0.493 e. The number of fused-ring (bicyclic) bond motifs is 1. The second-order valence-corrected chi connectivity index (χ2v) is 5.52. The van der Waals surface area contributed by atoms with E-state index in [-0.39, 0.29) is 18.5 Å². The van der Waals surface area contributed by atoms with Gasteiger partial charge in [-0.3, -0.25) is 5.32 Å². The number of ether oxygens (including phenoxy) is 1. The second-order valence-electron chi connectivity index (χ2n) is 5.14. The molecule has 6 nitrogen and oxygen atoms in total. The first-order chi connectivity index (χ1) is 10.1. The van der Waals surface area contributed by atoms with Crippen LogP contribution in [0.2, 0.25) is 5.02 Å². The molecule has 1 amide bonds. The van der Waals surface area contributed by atoms with Crippen LogP contribution in [0.15, 0.2) is 12.1 Å². The molecule has 22 heavy (non-hydrogen) atoms. The summed E-state index contributed by atoms with van der Waals surface area (Å²) in [7, 11) is -1.05. The SMILES string of the molecule is Cl.O=C(Nc1ccc2c(c1Cl)B(O)OC2)OC1CCNCC1. The molecule has 9 heteroatoms. The van der Waals surface area contributed by atoms with Crippen molar-refractivity contribution in [3.63, 3.8) is 0 Å². The number of hydrogen-bond acceptors (Lipinski definition) is 5. The van der Waals surface area contributed by atoms with E-state index < -0.39 is 13.2 Å². The summed E-state index contributed by atoms with van der Waals surface area (Å²) >= 11 is 6.22. The van der Waals surface area contributed by atoms with Gasteiger partial charge in [-0.15, -0.1) is 12.4 Å². The van der Waals surface area contributed by atoms with E-state index in [1.54, 1.807) is 12.1 Å². The van der Waals surface area contributed by atoms with Gasteiger partial charge in [0.25, 0.3) is 0 Å². The Morgan fingerprint density at radius 2 is 2.18 bits per heavy atom. The molecule has 0 radical (unpaired) electrons. The molecule has 3 rings (SSSR count). The standard InChI is InChI=1S/C13H16BClN2O4.ClH/c15-12-10(2-1-8-7-20-14(19)11(8)12)17-13(18)21-9-3-5-16-6-4-9;/h1-2,9,16,19H,3-7H2,(H,17,18);1H. The van der Waals surface area contributed by atoms with Gasteiger partial charge >= 0.3 is 13.2 Å². The molecular weight excluding hydrogens is 330 g/mol. The van der Waals surface area contributed by atoms with Crippen LogP contribution in [-0.4, -0.2) is 37.4 Å². The molecule has 0 aromatic heterocycles. The first kappa shape index (κ1) is 17.4. The van der Waals surface area contributed by atoms with Crippen LogP contribution in [-0.2, 0) is 16.0 Å². The molecule has 0 saturated carbocycles. The van der Waals surface area contributed by atoms with E-state index in [4.69, 9.17) is 21.0 Å². The fourth-order valence-corrected chi connectivity index (χ4v) is 2.90.